The van der Waals surface area contributed by atoms with Crippen LogP contribution in [0.2, 0.25) is 0 Å². The summed E-state index contributed by atoms with van der Waals surface area (Å²) in [5, 5.41) is 2.29. The molecule has 2 aromatic carbocycles. The van der Waals surface area contributed by atoms with E-state index in [-0.39, 0.29) is 24.6 Å². The van der Waals surface area contributed by atoms with Crippen LogP contribution in [0.4, 0.5) is 5.69 Å². The molecule has 2 aromatic rings. The molecular weight excluding hydrogens is 412 g/mol. The highest BCUT2D eigenvalue weighted by atomic mass is 35.5. The number of hydrogen-bond donors (Lipinski definition) is 1. The third-order valence-electron chi connectivity index (χ3n) is 4.96. The third-order valence-corrected chi connectivity index (χ3v) is 6.81. The van der Waals surface area contributed by atoms with Gasteiger partial charge in [-0.25, -0.2) is 8.42 Å². The molecule has 0 saturated carbocycles. The lowest BCUT2D eigenvalue weighted by Crippen LogP contribution is -3.00. The third kappa shape index (κ3) is 5.67. The van der Waals surface area contributed by atoms with Gasteiger partial charge < -0.3 is 17.7 Å². The maximum absolute atomic E-state index is 13.1. The maximum Gasteiger partial charge on any atom is 0.373 e. The Balaban J connectivity index is 0.000000990. The standard InChI is InChI=1S/C20H26N2O2S.CO2.ClH/c1-3-4-5-10-15-21-20-16-11-6-8-13-18(16)22(2)25(23,24)19-14-9-7-12-17(19)20;2-1-3;/h6-9,11-14,20-21H,3-5,10,15H2,1-2H3;;1H. The van der Waals surface area contributed by atoms with Gasteiger partial charge in [0.25, 0.3) is 10.0 Å². The number of anilines is 1. The average molecular weight is 439 g/mol. The molecule has 0 aliphatic carbocycles. The summed E-state index contributed by atoms with van der Waals surface area (Å²) in [5.74, 6) is 0. The number of fused-ring (bicyclic) bond motifs is 2. The van der Waals surface area contributed by atoms with Gasteiger partial charge in [-0.1, -0.05) is 56.2 Å². The van der Waals surface area contributed by atoms with Crippen LogP contribution >= 0.6 is 0 Å². The lowest BCUT2D eigenvalue weighted by atomic mass is 9.96. The van der Waals surface area contributed by atoms with Gasteiger partial charge in [0, 0.05) is 18.2 Å². The van der Waals surface area contributed by atoms with Crippen molar-refractivity contribution in [2.75, 3.05) is 17.9 Å². The molecule has 0 aromatic heterocycles. The lowest BCUT2D eigenvalue weighted by Gasteiger charge is -2.20. The molecule has 0 saturated heterocycles. The van der Waals surface area contributed by atoms with E-state index in [1.54, 1.807) is 19.2 Å². The van der Waals surface area contributed by atoms with Crippen molar-refractivity contribution in [1.29, 1.82) is 0 Å². The molecule has 29 heavy (non-hydrogen) atoms. The Morgan fingerprint density at radius 2 is 1.55 bits per heavy atom. The summed E-state index contributed by atoms with van der Waals surface area (Å²) in [6.45, 7) is 3.21. The zero-order valence-corrected chi connectivity index (χ0v) is 18.2. The minimum absolute atomic E-state index is 0. The number of halogens is 1. The molecule has 0 fully saturated rings. The molecule has 0 amide bonds. The van der Waals surface area contributed by atoms with Gasteiger partial charge in [-0.3, -0.25) is 4.31 Å². The van der Waals surface area contributed by atoms with Crippen molar-refractivity contribution < 1.29 is 35.7 Å². The van der Waals surface area contributed by atoms with E-state index in [2.05, 4.69) is 18.3 Å². The number of carbonyl (C=O) groups excluding carboxylic acids is 2. The SMILES string of the molecule is CCCCCC[NH2+]C1c2ccccc2N(C)S(=O)(=O)c2ccccc21.O=C=O.[Cl-]. The minimum atomic E-state index is -3.53. The first kappa shape index (κ1) is 24.9. The Hall–Kier alpha value is -2.18. The summed E-state index contributed by atoms with van der Waals surface area (Å²) in [6.07, 6.45) is 5.10. The fourth-order valence-electron chi connectivity index (χ4n) is 3.56. The minimum Gasteiger partial charge on any atom is -1.00 e. The van der Waals surface area contributed by atoms with Crippen molar-refractivity contribution >= 4 is 21.9 Å². The van der Waals surface area contributed by atoms with Gasteiger partial charge in [0.2, 0.25) is 0 Å². The number of nitrogens with zero attached hydrogens (tertiary/aromatic N) is 1. The first-order valence-electron chi connectivity index (χ1n) is 9.48. The fraction of sp³-hybridized carbons (Fsp3) is 0.381. The zero-order chi connectivity index (χ0) is 20.6. The van der Waals surface area contributed by atoms with Gasteiger partial charge in [0.15, 0.2) is 0 Å². The predicted octanol–water partition coefficient (Wildman–Crippen LogP) is -0.521. The van der Waals surface area contributed by atoms with E-state index in [1.807, 2.05) is 30.3 Å². The van der Waals surface area contributed by atoms with E-state index in [4.69, 9.17) is 9.59 Å². The Labute approximate surface area is 178 Å². The smallest absolute Gasteiger partial charge is 0.373 e. The summed E-state index contributed by atoms with van der Waals surface area (Å²) < 4.78 is 27.5. The quantitative estimate of drug-likeness (QED) is 0.615. The van der Waals surface area contributed by atoms with Gasteiger partial charge in [-0.15, -0.1) is 0 Å². The predicted molar refractivity (Wildman–Crippen MR) is 106 cm³/mol. The number of quaternary nitrogens is 1. The largest absolute Gasteiger partial charge is 1.00 e. The van der Waals surface area contributed by atoms with Crippen LogP contribution in [-0.2, 0) is 19.6 Å². The Kier molecular flexibility index (Phi) is 10.1. The zero-order valence-electron chi connectivity index (χ0n) is 16.7. The van der Waals surface area contributed by atoms with E-state index in [0.29, 0.717) is 4.90 Å². The second kappa shape index (κ2) is 11.7. The highest BCUT2D eigenvalue weighted by molar-refractivity contribution is 7.92. The molecule has 158 valence electrons. The number of sulfonamides is 1. The molecule has 1 aliphatic rings. The molecule has 1 heterocycles. The van der Waals surface area contributed by atoms with Crippen molar-refractivity contribution in [2.45, 2.75) is 43.5 Å². The first-order chi connectivity index (χ1) is 13.5. The molecule has 1 aliphatic heterocycles. The van der Waals surface area contributed by atoms with Crippen molar-refractivity contribution in [1.82, 2.24) is 0 Å². The van der Waals surface area contributed by atoms with Gasteiger partial charge in [0.1, 0.15) is 6.04 Å². The van der Waals surface area contributed by atoms with Crippen LogP contribution in [0.3, 0.4) is 0 Å². The summed E-state index contributed by atoms with van der Waals surface area (Å²) in [6, 6.07) is 15.3. The number of para-hydroxylation sites is 1. The summed E-state index contributed by atoms with van der Waals surface area (Å²) in [4.78, 5) is 16.7. The molecule has 0 bridgehead atoms. The van der Waals surface area contributed by atoms with Crippen molar-refractivity contribution in [3.63, 3.8) is 0 Å². The molecule has 3 rings (SSSR count). The molecule has 0 radical (unpaired) electrons. The molecular formula is C21H27ClN2O4S. The van der Waals surface area contributed by atoms with E-state index < -0.39 is 10.0 Å². The first-order valence-corrected chi connectivity index (χ1v) is 10.9. The normalized spacial score (nSPS) is 16.1. The molecule has 0 spiro atoms. The van der Waals surface area contributed by atoms with Crippen molar-refractivity contribution in [3.05, 3.63) is 59.7 Å². The second-order valence-electron chi connectivity index (χ2n) is 6.72. The number of unbranched alkanes of at least 4 members (excludes halogenated alkanes) is 3. The van der Waals surface area contributed by atoms with Crippen LogP contribution < -0.4 is 22.0 Å². The molecule has 8 heteroatoms. The van der Waals surface area contributed by atoms with Crippen LogP contribution in [0, 0.1) is 0 Å². The molecule has 6 nitrogen and oxygen atoms in total. The van der Waals surface area contributed by atoms with Crippen LogP contribution in [0.25, 0.3) is 0 Å². The number of rotatable bonds is 6. The summed E-state index contributed by atoms with van der Waals surface area (Å²) >= 11 is 0. The van der Waals surface area contributed by atoms with Gasteiger partial charge >= 0.3 is 6.15 Å². The number of hydrogen-bond acceptors (Lipinski definition) is 4. The highest BCUT2D eigenvalue weighted by Crippen LogP contribution is 2.37. The van der Waals surface area contributed by atoms with Crippen LogP contribution in [0.5, 0.6) is 0 Å². The van der Waals surface area contributed by atoms with E-state index in [9.17, 15) is 8.42 Å². The fourth-order valence-corrected chi connectivity index (χ4v) is 5.03. The summed E-state index contributed by atoms with van der Waals surface area (Å²) in [5.41, 5.74) is 2.72. The molecule has 1 unspecified atom stereocenters. The summed E-state index contributed by atoms with van der Waals surface area (Å²) in [7, 11) is -1.88. The second-order valence-corrected chi connectivity index (χ2v) is 8.65. The van der Waals surface area contributed by atoms with Gasteiger partial charge in [0.05, 0.1) is 17.1 Å². The van der Waals surface area contributed by atoms with Crippen LogP contribution in [0.15, 0.2) is 53.4 Å². The molecule has 1 atom stereocenters. The van der Waals surface area contributed by atoms with Crippen molar-refractivity contribution in [2.24, 2.45) is 0 Å². The number of benzene rings is 2. The van der Waals surface area contributed by atoms with Gasteiger partial charge in [-0.05, 0) is 25.0 Å². The van der Waals surface area contributed by atoms with Crippen LogP contribution in [0.1, 0.15) is 49.8 Å². The average Bonchev–Trinajstić information content (AvgIpc) is 2.77. The lowest BCUT2D eigenvalue weighted by molar-refractivity contribution is -0.687. The topological polar surface area (TPSA) is 88.1 Å². The molecule has 2 N–H and O–H groups in total. The van der Waals surface area contributed by atoms with Gasteiger partial charge in [-0.2, -0.15) is 9.59 Å². The maximum atomic E-state index is 13.1. The van der Waals surface area contributed by atoms with E-state index in [1.165, 1.54) is 23.6 Å². The highest BCUT2D eigenvalue weighted by Gasteiger charge is 2.36. The van der Waals surface area contributed by atoms with Crippen LogP contribution in [-0.4, -0.2) is 28.2 Å². The van der Waals surface area contributed by atoms with Crippen molar-refractivity contribution in [3.8, 4) is 0 Å². The Morgan fingerprint density at radius 3 is 2.21 bits per heavy atom. The monoisotopic (exact) mass is 438 g/mol. The Morgan fingerprint density at radius 1 is 0.966 bits per heavy atom. The Bertz CT molecular complexity index is 928. The van der Waals surface area contributed by atoms with E-state index in [0.717, 1.165) is 29.8 Å². The number of nitrogens with two attached hydrogens (primary N) is 1. The van der Waals surface area contributed by atoms with E-state index >= 15 is 0 Å².